The summed E-state index contributed by atoms with van der Waals surface area (Å²) < 4.78 is 11.1. The summed E-state index contributed by atoms with van der Waals surface area (Å²) in [6.07, 6.45) is 6.21. The van der Waals surface area contributed by atoms with E-state index >= 15 is 0 Å². The minimum Gasteiger partial charge on any atom is -0.383 e. The molecule has 0 amide bonds. The second-order valence-corrected chi connectivity index (χ2v) is 4.40. The highest BCUT2D eigenvalue weighted by Gasteiger charge is 2.39. The van der Waals surface area contributed by atoms with Gasteiger partial charge in [-0.1, -0.05) is 26.2 Å². The van der Waals surface area contributed by atoms with Crippen molar-refractivity contribution in [2.75, 3.05) is 27.4 Å². The molecule has 1 N–H and O–H groups in total. The van der Waals surface area contributed by atoms with E-state index in [1.807, 2.05) is 7.11 Å². The molecular weight excluding hydrogens is 190 g/mol. The monoisotopic (exact) mass is 215 g/mol. The van der Waals surface area contributed by atoms with E-state index in [9.17, 15) is 0 Å². The van der Waals surface area contributed by atoms with Crippen LogP contribution in [-0.4, -0.2) is 39.0 Å². The molecule has 0 aromatic carbocycles. The third kappa shape index (κ3) is 3.16. The molecule has 0 radical (unpaired) electrons. The summed E-state index contributed by atoms with van der Waals surface area (Å²) in [5, 5.41) is 3.50. The first-order valence-electron chi connectivity index (χ1n) is 6.06. The molecular formula is C12H25NO2. The third-order valence-electron chi connectivity index (χ3n) is 3.53. The first kappa shape index (κ1) is 12.9. The van der Waals surface area contributed by atoms with Crippen molar-refractivity contribution in [1.82, 2.24) is 5.32 Å². The summed E-state index contributed by atoms with van der Waals surface area (Å²) in [5.41, 5.74) is 0.00424. The second kappa shape index (κ2) is 6.46. The molecule has 1 unspecified atom stereocenters. The maximum Gasteiger partial charge on any atom is 0.0853 e. The molecule has 3 nitrogen and oxygen atoms in total. The van der Waals surface area contributed by atoms with E-state index < -0.39 is 0 Å². The van der Waals surface area contributed by atoms with Gasteiger partial charge in [-0.3, -0.25) is 0 Å². The van der Waals surface area contributed by atoms with Crippen LogP contribution in [0.25, 0.3) is 0 Å². The number of likely N-dealkylation sites (N-methyl/N-ethyl adjacent to an activating group) is 1. The maximum absolute atomic E-state index is 5.80. The van der Waals surface area contributed by atoms with Crippen molar-refractivity contribution in [3.05, 3.63) is 0 Å². The van der Waals surface area contributed by atoms with Crippen LogP contribution < -0.4 is 5.32 Å². The van der Waals surface area contributed by atoms with Gasteiger partial charge in [0.2, 0.25) is 0 Å². The molecule has 1 fully saturated rings. The van der Waals surface area contributed by atoms with Crippen LogP contribution in [0.1, 0.15) is 39.0 Å². The fraction of sp³-hybridized carbons (Fsp3) is 1.00. The molecule has 0 bridgehead atoms. The molecule has 0 spiro atoms. The Labute approximate surface area is 93.5 Å². The first-order chi connectivity index (χ1) is 7.29. The smallest absolute Gasteiger partial charge is 0.0853 e. The van der Waals surface area contributed by atoms with Gasteiger partial charge < -0.3 is 14.8 Å². The van der Waals surface area contributed by atoms with Crippen molar-refractivity contribution < 1.29 is 9.47 Å². The van der Waals surface area contributed by atoms with E-state index in [1.165, 1.54) is 19.3 Å². The zero-order chi connectivity index (χ0) is 11.1. The Kier molecular flexibility index (Phi) is 5.58. The number of hydrogen-bond donors (Lipinski definition) is 1. The van der Waals surface area contributed by atoms with Gasteiger partial charge in [-0.05, 0) is 19.4 Å². The molecule has 0 aromatic rings. The summed E-state index contributed by atoms with van der Waals surface area (Å²) in [7, 11) is 3.60. The minimum atomic E-state index is 0.00424. The van der Waals surface area contributed by atoms with Gasteiger partial charge in [-0.15, -0.1) is 0 Å². The highest BCUT2D eigenvalue weighted by molar-refractivity contribution is 4.95. The largest absolute Gasteiger partial charge is 0.383 e. The summed E-state index contributed by atoms with van der Waals surface area (Å²) in [6.45, 7) is 3.84. The fourth-order valence-corrected chi connectivity index (χ4v) is 2.65. The number of ether oxygens (including phenoxy) is 2. The predicted octanol–water partition coefficient (Wildman–Crippen LogP) is 1.96. The van der Waals surface area contributed by atoms with Crippen molar-refractivity contribution in [2.45, 2.75) is 50.7 Å². The van der Waals surface area contributed by atoms with Crippen LogP contribution in [0.15, 0.2) is 0 Å². The summed E-state index contributed by atoms with van der Waals surface area (Å²) in [4.78, 5) is 0. The Morgan fingerprint density at radius 1 is 1.20 bits per heavy atom. The predicted molar refractivity (Wildman–Crippen MR) is 62.2 cm³/mol. The van der Waals surface area contributed by atoms with Crippen LogP contribution in [0.2, 0.25) is 0 Å². The van der Waals surface area contributed by atoms with Gasteiger partial charge in [0.1, 0.15) is 0 Å². The van der Waals surface area contributed by atoms with Crippen LogP contribution in [0.4, 0.5) is 0 Å². The van der Waals surface area contributed by atoms with Crippen LogP contribution in [0.5, 0.6) is 0 Å². The zero-order valence-electron chi connectivity index (χ0n) is 10.3. The zero-order valence-corrected chi connectivity index (χ0v) is 10.3. The van der Waals surface area contributed by atoms with Gasteiger partial charge in [-0.2, -0.15) is 0 Å². The molecule has 90 valence electrons. The highest BCUT2D eigenvalue weighted by atomic mass is 16.5. The van der Waals surface area contributed by atoms with E-state index in [1.54, 1.807) is 7.11 Å². The van der Waals surface area contributed by atoms with Crippen molar-refractivity contribution in [3.63, 3.8) is 0 Å². The molecule has 1 aliphatic rings. The van der Waals surface area contributed by atoms with Crippen molar-refractivity contribution in [3.8, 4) is 0 Å². The van der Waals surface area contributed by atoms with Crippen molar-refractivity contribution in [1.29, 1.82) is 0 Å². The van der Waals surface area contributed by atoms with E-state index in [2.05, 4.69) is 12.2 Å². The van der Waals surface area contributed by atoms with E-state index in [-0.39, 0.29) is 5.60 Å². The lowest BCUT2D eigenvalue weighted by molar-refractivity contribution is -0.0820. The standard InChI is InChI=1S/C12H25NO2/c1-4-13-11(10-14-2)12(15-3)8-6-5-7-9-12/h11,13H,4-10H2,1-3H3. The molecule has 0 saturated heterocycles. The quantitative estimate of drug-likeness (QED) is 0.734. The molecule has 0 aromatic heterocycles. The topological polar surface area (TPSA) is 30.5 Å². The summed E-state index contributed by atoms with van der Waals surface area (Å²) in [6, 6.07) is 0.331. The number of methoxy groups -OCH3 is 2. The lowest BCUT2D eigenvalue weighted by atomic mass is 9.79. The van der Waals surface area contributed by atoms with Crippen LogP contribution in [0, 0.1) is 0 Å². The molecule has 1 atom stereocenters. The third-order valence-corrected chi connectivity index (χ3v) is 3.53. The molecule has 0 aliphatic heterocycles. The lowest BCUT2D eigenvalue weighted by Gasteiger charge is -2.42. The Hall–Kier alpha value is -0.120. The number of hydrogen-bond acceptors (Lipinski definition) is 3. The normalized spacial score (nSPS) is 22.6. The Balaban J connectivity index is 2.65. The van der Waals surface area contributed by atoms with Gasteiger partial charge in [-0.25, -0.2) is 0 Å². The molecule has 1 aliphatic carbocycles. The van der Waals surface area contributed by atoms with Crippen LogP contribution in [-0.2, 0) is 9.47 Å². The van der Waals surface area contributed by atoms with Crippen molar-refractivity contribution in [2.24, 2.45) is 0 Å². The highest BCUT2D eigenvalue weighted by Crippen LogP contribution is 2.34. The van der Waals surface area contributed by atoms with E-state index in [0.717, 1.165) is 26.0 Å². The Morgan fingerprint density at radius 3 is 2.33 bits per heavy atom. The lowest BCUT2D eigenvalue weighted by Crippen LogP contribution is -2.55. The summed E-state index contributed by atoms with van der Waals surface area (Å²) in [5.74, 6) is 0. The average molecular weight is 215 g/mol. The first-order valence-corrected chi connectivity index (χ1v) is 6.06. The van der Waals surface area contributed by atoms with Gasteiger partial charge in [0.25, 0.3) is 0 Å². The molecule has 3 heteroatoms. The SMILES string of the molecule is CCNC(COC)C1(OC)CCCCC1. The molecule has 1 saturated carbocycles. The van der Waals surface area contributed by atoms with Crippen molar-refractivity contribution >= 4 is 0 Å². The molecule has 15 heavy (non-hydrogen) atoms. The molecule has 0 heterocycles. The number of rotatable bonds is 6. The Morgan fingerprint density at radius 2 is 1.87 bits per heavy atom. The van der Waals surface area contributed by atoms with Gasteiger partial charge in [0.15, 0.2) is 0 Å². The molecule has 1 rings (SSSR count). The Bertz CT molecular complexity index is 161. The van der Waals surface area contributed by atoms with E-state index in [4.69, 9.17) is 9.47 Å². The minimum absolute atomic E-state index is 0.00424. The van der Waals surface area contributed by atoms with Gasteiger partial charge >= 0.3 is 0 Å². The maximum atomic E-state index is 5.80. The van der Waals surface area contributed by atoms with Crippen LogP contribution in [0.3, 0.4) is 0 Å². The van der Waals surface area contributed by atoms with Crippen LogP contribution >= 0.6 is 0 Å². The average Bonchev–Trinajstić information content (AvgIpc) is 2.30. The fourth-order valence-electron chi connectivity index (χ4n) is 2.65. The number of nitrogens with one attached hydrogen (secondary N) is 1. The van der Waals surface area contributed by atoms with Gasteiger partial charge in [0.05, 0.1) is 18.2 Å². The van der Waals surface area contributed by atoms with Gasteiger partial charge in [0, 0.05) is 14.2 Å². The summed E-state index contributed by atoms with van der Waals surface area (Å²) >= 11 is 0. The van der Waals surface area contributed by atoms with E-state index in [0.29, 0.717) is 6.04 Å². The second-order valence-electron chi connectivity index (χ2n) is 4.40.